The fourth-order valence-electron chi connectivity index (χ4n) is 2.16. The van der Waals surface area contributed by atoms with Crippen molar-refractivity contribution < 1.29 is 14.4 Å². The molecule has 1 rings (SSSR count). The molecule has 1 fully saturated rings. The van der Waals surface area contributed by atoms with Gasteiger partial charge in [-0.25, -0.2) is 10.3 Å². The van der Waals surface area contributed by atoms with E-state index in [-0.39, 0.29) is 12.1 Å². The molecule has 0 radical (unpaired) electrons. The van der Waals surface area contributed by atoms with E-state index in [9.17, 15) is 4.79 Å². The first-order valence-corrected chi connectivity index (χ1v) is 6.72. The molecule has 1 heterocycles. The number of ether oxygens (including phenoxy) is 1. The van der Waals surface area contributed by atoms with Crippen molar-refractivity contribution in [2.75, 3.05) is 20.2 Å². The zero-order chi connectivity index (χ0) is 13.6. The van der Waals surface area contributed by atoms with Gasteiger partial charge in [-0.2, -0.15) is 0 Å². The van der Waals surface area contributed by atoms with Crippen LogP contribution in [-0.2, 0) is 9.57 Å². The molecule has 1 aliphatic rings. The normalized spacial score (nSPS) is 20.9. The van der Waals surface area contributed by atoms with Crippen molar-refractivity contribution in [2.45, 2.75) is 58.1 Å². The molecule has 1 aliphatic heterocycles. The molecule has 106 valence electrons. The molecule has 5 nitrogen and oxygen atoms in total. The first-order chi connectivity index (χ1) is 8.44. The average Bonchev–Trinajstić information content (AvgIpc) is 2.27. The Morgan fingerprint density at radius 3 is 2.72 bits per heavy atom. The number of piperidine rings is 1. The summed E-state index contributed by atoms with van der Waals surface area (Å²) in [5.74, 6) is 0. The molecule has 18 heavy (non-hydrogen) atoms. The van der Waals surface area contributed by atoms with Gasteiger partial charge in [0, 0.05) is 19.6 Å². The van der Waals surface area contributed by atoms with Crippen molar-refractivity contribution in [1.82, 2.24) is 10.4 Å². The number of hydrogen-bond donors (Lipinski definition) is 1. The second-order valence-corrected chi connectivity index (χ2v) is 5.66. The van der Waals surface area contributed by atoms with Crippen LogP contribution in [0, 0.1) is 0 Å². The minimum Gasteiger partial charge on any atom is -0.444 e. The summed E-state index contributed by atoms with van der Waals surface area (Å²) in [5, 5.41) is 0. The number of nitrogens with zero attached hydrogens (tertiary/aromatic N) is 1. The van der Waals surface area contributed by atoms with Crippen LogP contribution in [0.25, 0.3) is 0 Å². The smallest absolute Gasteiger partial charge is 0.410 e. The standard InChI is InChI=1S/C13H26N2O3/c1-13(2,3)18-12(16)15-9-6-5-7-11(15)8-10-17-14-4/h11,14H,5-10H2,1-4H3. The number of nitrogens with one attached hydrogen (secondary N) is 1. The van der Waals surface area contributed by atoms with Crippen molar-refractivity contribution in [3.8, 4) is 0 Å². The number of carbonyl (C=O) groups excluding carboxylic acids is 1. The molecule has 0 aliphatic carbocycles. The maximum atomic E-state index is 12.1. The van der Waals surface area contributed by atoms with Gasteiger partial charge in [-0.3, -0.25) is 0 Å². The molecular weight excluding hydrogens is 232 g/mol. The molecule has 5 heteroatoms. The first kappa shape index (κ1) is 15.2. The molecule has 1 unspecified atom stereocenters. The number of hydrogen-bond acceptors (Lipinski definition) is 4. The Kier molecular flexibility index (Phi) is 5.88. The lowest BCUT2D eigenvalue weighted by Gasteiger charge is -2.36. The molecule has 0 saturated carbocycles. The summed E-state index contributed by atoms with van der Waals surface area (Å²) in [6, 6.07) is 0.238. The van der Waals surface area contributed by atoms with Crippen molar-refractivity contribution in [2.24, 2.45) is 0 Å². The molecule has 1 atom stereocenters. The maximum Gasteiger partial charge on any atom is 0.410 e. The Bertz CT molecular complexity index is 263. The second kappa shape index (κ2) is 6.95. The summed E-state index contributed by atoms with van der Waals surface area (Å²) in [5.41, 5.74) is 2.22. The Hall–Kier alpha value is -0.810. The molecule has 0 aromatic heterocycles. The highest BCUT2D eigenvalue weighted by Gasteiger charge is 2.30. The molecular formula is C13H26N2O3. The van der Waals surface area contributed by atoms with E-state index in [2.05, 4.69) is 5.48 Å². The molecule has 1 N–H and O–H groups in total. The predicted molar refractivity (Wildman–Crippen MR) is 70.2 cm³/mol. The van der Waals surface area contributed by atoms with Gasteiger partial charge in [0.05, 0.1) is 6.61 Å². The molecule has 0 aromatic rings. The summed E-state index contributed by atoms with van der Waals surface area (Å²) >= 11 is 0. The quantitative estimate of drug-likeness (QED) is 0.621. The fraction of sp³-hybridized carbons (Fsp3) is 0.923. The minimum atomic E-state index is -0.430. The highest BCUT2D eigenvalue weighted by atomic mass is 16.6. The SMILES string of the molecule is CNOCCC1CCCCN1C(=O)OC(C)(C)C. The van der Waals surface area contributed by atoms with Crippen LogP contribution in [0.3, 0.4) is 0 Å². The lowest BCUT2D eigenvalue weighted by Crippen LogP contribution is -2.46. The molecule has 0 spiro atoms. The van der Waals surface area contributed by atoms with Crippen LogP contribution in [0.15, 0.2) is 0 Å². The van der Waals surface area contributed by atoms with Gasteiger partial charge < -0.3 is 14.5 Å². The topological polar surface area (TPSA) is 50.8 Å². The van der Waals surface area contributed by atoms with Gasteiger partial charge in [0.2, 0.25) is 0 Å². The zero-order valence-electron chi connectivity index (χ0n) is 12.0. The lowest BCUT2D eigenvalue weighted by molar-refractivity contribution is -0.00173. The van der Waals surface area contributed by atoms with Gasteiger partial charge >= 0.3 is 6.09 Å². The van der Waals surface area contributed by atoms with E-state index in [1.165, 1.54) is 6.42 Å². The van der Waals surface area contributed by atoms with Crippen LogP contribution in [0.4, 0.5) is 4.79 Å². The molecule has 0 aromatic carbocycles. The lowest BCUT2D eigenvalue weighted by atomic mass is 10.0. The maximum absolute atomic E-state index is 12.1. The van der Waals surface area contributed by atoms with Crippen molar-refractivity contribution in [3.63, 3.8) is 0 Å². The van der Waals surface area contributed by atoms with E-state index in [1.54, 1.807) is 7.05 Å². The number of carbonyl (C=O) groups is 1. The van der Waals surface area contributed by atoms with E-state index in [1.807, 2.05) is 25.7 Å². The monoisotopic (exact) mass is 258 g/mol. The summed E-state index contributed by atoms with van der Waals surface area (Å²) in [7, 11) is 1.74. The molecule has 1 amide bonds. The van der Waals surface area contributed by atoms with Gasteiger partial charge in [0.25, 0.3) is 0 Å². The van der Waals surface area contributed by atoms with Gasteiger partial charge in [0.1, 0.15) is 5.60 Å². The zero-order valence-corrected chi connectivity index (χ0v) is 12.0. The third-order valence-electron chi connectivity index (χ3n) is 2.95. The van der Waals surface area contributed by atoms with Gasteiger partial charge in [-0.1, -0.05) is 0 Å². The Morgan fingerprint density at radius 1 is 1.39 bits per heavy atom. The van der Waals surface area contributed by atoms with E-state index < -0.39 is 5.60 Å². The number of hydroxylamine groups is 1. The van der Waals surface area contributed by atoms with Crippen LogP contribution < -0.4 is 5.48 Å². The van der Waals surface area contributed by atoms with E-state index in [0.29, 0.717) is 6.61 Å². The second-order valence-electron chi connectivity index (χ2n) is 5.66. The van der Waals surface area contributed by atoms with E-state index in [4.69, 9.17) is 9.57 Å². The largest absolute Gasteiger partial charge is 0.444 e. The number of likely N-dealkylation sites (tertiary alicyclic amines) is 1. The van der Waals surface area contributed by atoms with Gasteiger partial charge in [-0.05, 0) is 46.5 Å². The third-order valence-corrected chi connectivity index (χ3v) is 2.95. The summed E-state index contributed by atoms with van der Waals surface area (Å²) < 4.78 is 5.44. The van der Waals surface area contributed by atoms with Gasteiger partial charge in [0.15, 0.2) is 0 Å². The summed E-state index contributed by atoms with van der Waals surface area (Å²) in [4.78, 5) is 19.1. The molecule has 1 saturated heterocycles. The van der Waals surface area contributed by atoms with E-state index in [0.717, 1.165) is 25.8 Å². The fourth-order valence-corrected chi connectivity index (χ4v) is 2.16. The molecule has 0 bridgehead atoms. The summed E-state index contributed by atoms with van der Waals surface area (Å²) in [6.07, 6.45) is 3.91. The Morgan fingerprint density at radius 2 is 2.11 bits per heavy atom. The van der Waals surface area contributed by atoms with Gasteiger partial charge in [-0.15, -0.1) is 0 Å². The highest BCUT2D eigenvalue weighted by Crippen LogP contribution is 2.22. The van der Waals surface area contributed by atoms with Crippen LogP contribution >= 0.6 is 0 Å². The Balaban J connectivity index is 2.50. The first-order valence-electron chi connectivity index (χ1n) is 6.72. The number of amides is 1. The van der Waals surface area contributed by atoms with Crippen molar-refractivity contribution in [3.05, 3.63) is 0 Å². The van der Waals surface area contributed by atoms with Crippen molar-refractivity contribution >= 4 is 6.09 Å². The minimum absolute atomic E-state index is 0.198. The van der Waals surface area contributed by atoms with Crippen LogP contribution in [-0.4, -0.2) is 42.8 Å². The summed E-state index contributed by atoms with van der Waals surface area (Å²) in [6.45, 7) is 7.09. The highest BCUT2D eigenvalue weighted by molar-refractivity contribution is 5.68. The number of rotatable bonds is 4. The Labute approximate surface area is 110 Å². The van der Waals surface area contributed by atoms with Crippen LogP contribution in [0.5, 0.6) is 0 Å². The van der Waals surface area contributed by atoms with E-state index >= 15 is 0 Å². The van der Waals surface area contributed by atoms with Crippen LogP contribution in [0.2, 0.25) is 0 Å². The third kappa shape index (κ3) is 5.23. The predicted octanol–water partition coefficient (Wildman–Crippen LogP) is 2.32. The average molecular weight is 258 g/mol. The van der Waals surface area contributed by atoms with Crippen molar-refractivity contribution in [1.29, 1.82) is 0 Å². The van der Waals surface area contributed by atoms with Crippen LogP contribution in [0.1, 0.15) is 46.5 Å².